The van der Waals surface area contributed by atoms with Gasteiger partial charge in [-0.25, -0.2) is 10.4 Å². The number of hydrazone groups is 1. The van der Waals surface area contributed by atoms with E-state index in [9.17, 15) is 4.79 Å². The highest BCUT2D eigenvalue weighted by Crippen LogP contribution is 2.15. The molecule has 0 aliphatic carbocycles. The Bertz CT molecular complexity index is 664. The average Bonchev–Trinajstić information content (AvgIpc) is 2.81. The van der Waals surface area contributed by atoms with E-state index in [-0.39, 0.29) is 12.5 Å². The molecule has 0 radical (unpaired) electrons. The van der Waals surface area contributed by atoms with Crippen LogP contribution in [0.15, 0.2) is 29.4 Å². The zero-order valence-electron chi connectivity index (χ0n) is 13.6. The molecule has 1 heterocycles. The summed E-state index contributed by atoms with van der Waals surface area (Å²) in [6, 6.07) is 7.84. The van der Waals surface area contributed by atoms with E-state index in [1.54, 1.807) is 0 Å². The summed E-state index contributed by atoms with van der Waals surface area (Å²) >= 11 is 0. The smallest absolute Gasteiger partial charge is 0.260 e. The van der Waals surface area contributed by atoms with Gasteiger partial charge in [0.2, 0.25) is 0 Å². The van der Waals surface area contributed by atoms with E-state index in [1.165, 1.54) is 0 Å². The number of carbonyl (C=O) groups excluding carboxylic acids is 1. The second-order valence-electron chi connectivity index (χ2n) is 5.45. The number of imidazole rings is 1. The summed E-state index contributed by atoms with van der Waals surface area (Å²) in [6.45, 7) is 6.39. The monoisotopic (exact) mass is 300 g/mol. The highest BCUT2D eigenvalue weighted by atomic mass is 16.2. The Morgan fingerprint density at radius 1 is 1.23 bits per heavy atom. The van der Waals surface area contributed by atoms with Gasteiger partial charge in [-0.15, -0.1) is 0 Å². The number of aryl methyl sites for hydroxylation is 1. The van der Waals surface area contributed by atoms with Crippen molar-refractivity contribution in [2.24, 2.45) is 5.10 Å². The van der Waals surface area contributed by atoms with Crippen molar-refractivity contribution in [1.82, 2.24) is 15.0 Å². The first-order chi connectivity index (χ1) is 10.7. The van der Waals surface area contributed by atoms with Crippen LogP contribution in [0.5, 0.6) is 0 Å². The Morgan fingerprint density at radius 2 is 1.91 bits per heavy atom. The largest absolute Gasteiger partial charge is 0.319 e. The number of carbonyl (C=O) groups is 1. The maximum Gasteiger partial charge on any atom is 0.260 e. The minimum atomic E-state index is -0.115. The van der Waals surface area contributed by atoms with Crippen molar-refractivity contribution in [2.75, 3.05) is 0 Å². The fourth-order valence-corrected chi connectivity index (χ4v) is 2.53. The lowest BCUT2D eigenvalue weighted by Gasteiger charge is -2.07. The number of aromatic nitrogens is 2. The van der Waals surface area contributed by atoms with Crippen molar-refractivity contribution in [1.29, 1.82) is 0 Å². The molecule has 1 N–H and O–H groups in total. The van der Waals surface area contributed by atoms with E-state index in [4.69, 9.17) is 0 Å². The Balaban J connectivity index is 2.07. The van der Waals surface area contributed by atoms with Crippen LogP contribution in [0, 0.1) is 6.92 Å². The maximum atomic E-state index is 12.2. The minimum Gasteiger partial charge on any atom is -0.319 e. The molecule has 0 spiro atoms. The molecule has 2 rings (SSSR count). The molecule has 0 saturated heterocycles. The summed E-state index contributed by atoms with van der Waals surface area (Å²) in [5, 5.41) is 4.28. The molecule has 0 aliphatic rings. The number of rotatable bonds is 7. The predicted octanol–water partition coefficient (Wildman–Crippen LogP) is 3.42. The fraction of sp³-hybridized carbons (Fsp3) is 0.471. The van der Waals surface area contributed by atoms with Gasteiger partial charge in [-0.3, -0.25) is 4.79 Å². The summed E-state index contributed by atoms with van der Waals surface area (Å²) in [5.74, 6) is 0.721. The molecule has 0 bridgehead atoms. The van der Waals surface area contributed by atoms with Crippen molar-refractivity contribution >= 4 is 22.7 Å². The summed E-state index contributed by atoms with van der Waals surface area (Å²) in [4.78, 5) is 16.6. The third-order valence-corrected chi connectivity index (χ3v) is 3.56. The number of amides is 1. The van der Waals surface area contributed by atoms with Gasteiger partial charge in [0.25, 0.3) is 5.91 Å². The number of hydrogen-bond donors (Lipinski definition) is 1. The van der Waals surface area contributed by atoms with Crippen LogP contribution < -0.4 is 5.43 Å². The van der Waals surface area contributed by atoms with Crippen LogP contribution in [0.25, 0.3) is 11.0 Å². The van der Waals surface area contributed by atoms with Gasteiger partial charge in [-0.1, -0.05) is 38.8 Å². The summed E-state index contributed by atoms with van der Waals surface area (Å²) in [5.41, 5.74) is 5.63. The van der Waals surface area contributed by atoms with Crippen molar-refractivity contribution < 1.29 is 4.79 Å². The van der Waals surface area contributed by atoms with Crippen LogP contribution >= 0.6 is 0 Å². The lowest BCUT2D eigenvalue weighted by atomic mass is 10.1. The Labute approximate surface area is 131 Å². The third-order valence-electron chi connectivity index (χ3n) is 3.56. The molecule has 0 saturated carbocycles. The zero-order chi connectivity index (χ0) is 15.9. The molecule has 22 heavy (non-hydrogen) atoms. The fourth-order valence-electron chi connectivity index (χ4n) is 2.53. The number of fused-ring (bicyclic) bond motifs is 1. The van der Waals surface area contributed by atoms with Crippen LogP contribution in [-0.4, -0.2) is 21.2 Å². The first-order valence-corrected chi connectivity index (χ1v) is 7.91. The van der Waals surface area contributed by atoms with Gasteiger partial charge in [0.15, 0.2) is 0 Å². The number of benzene rings is 1. The number of nitrogens with zero attached hydrogens (tertiary/aromatic N) is 3. The van der Waals surface area contributed by atoms with Gasteiger partial charge in [0, 0.05) is 5.71 Å². The number of para-hydroxylation sites is 2. The molecule has 0 fully saturated rings. The summed E-state index contributed by atoms with van der Waals surface area (Å²) in [7, 11) is 0. The van der Waals surface area contributed by atoms with Gasteiger partial charge in [0.05, 0.1) is 11.0 Å². The first-order valence-electron chi connectivity index (χ1n) is 7.91. The minimum absolute atomic E-state index is 0.115. The van der Waals surface area contributed by atoms with Gasteiger partial charge >= 0.3 is 0 Å². The lowest BCUT2D eigenvalue weighted by Crippen LogP contribution is -2.25. The second kappa shape index (κ2) is 7.73. The topological polar surface area (TPSA) is 59.3 Å². The molecule has 0 aliphatic heterocycles. The van der Waals surface area contributed by atoms with Gasteiger partial charge in [-0.05, 0) is 31.9 Å². The van der Waals surface area contributed by atoms with Crippen LogP contribution in [0.3, 0.4) is 0 Å². The van der Waals surface area contributed by atoms with Gasteiger partial charge in [-0.2, -0.15) is 5.10 Å². The molecular weight excluding hydrogens is 276 g/mol. The Morgan fingerprint density at radius 3 is 2.59 bits per heavy atom. The molecule has 0 unspecified atom stereocenters. The maximum absolute atomic E-state index is 12.2. The average molecular weight is 300 g/mol. The molecule has 5 nitrogen and oxygen atoms in total. The predicted molar refractivity (Wildman–Crippen MR) is 89.9 cm³/mol. The van der Waals surface area contributed by atoms with Crippen LogP contribution in [-0.2, 0) is 11.3 Å². The van der Waals surface area contributed by atoms with E-state index in [1.807, 2.05) is 35.8 Å². The lowest BCUT2D eigenvalue weighted by molar-refractivity contribution is -0.121. The third kappa shape index (κ3) is 3.93. The molecule has 5 heteroatoms. The highest BCUT2D eigenvalue weighted by molar-refractivity contribution is 5.86. The van der Waals surface area contributed by atoms with E-state index < -0.39 is 0 Å². The molecule has 1 amide bonds. The quantitative estimate of drug-likeness (QED) is 0.629. The number of nitrogens with one attached hydrogen (secondary N) is 1. The number of hydrogen-bond acceptors (Lipinski definition) is 3. The zero-order valence-corrected chi connectivity index (χ0v) is 13.6. The molecule has 1 aromatic carbocycles. The highest BCUT2D eigenvalue weighted by Gasteiger charge is 2.10. The van der Waals surface area contributed by atoms with Crippen molar-refractivity contribution in [3.05, 3.63) is 30.1 Å². The van der Waals surface area contributed by atoms with E-state index in [2.05, 4.69) is 29.4 Å². The SMILES string of the molecule is CCCC(CCC)=NNC(=O)Cn1c(C)nc2ccccc21. The van der Waals surface area contributed by atoms with Crippen LogP contribution in [0.4, 0.5) is 0 Å². The molecule has 118 valence electrons. The standard InChI is InChI=1S/C17H24N4O/c1-4-8-14(9-5-2)19-20-17(22)12-21-13(3)18-15-10-6-7-11-16(15)21/h6-7,10-11H,4-5,8-9,12H2,1-3H3,(H,20,22). The normalized spacial score (nSPS) is 10.7. The van der Waals surface area contributed by atoms with E-state index >= 15 is 0 Å². The van der Waals surface area contributed by atoms with Crippen molar-refractivity contribution in [3.8, 4) is 0 Å². The second-order valence-corrected chi connectivity index (χ2v) is 5.45. The molecule has 1 aromatic heterocycles. The van der Waals surface area contributed by atoms with Crippen LogP contribution in [0.2, 0.25) is 0 Å². The van der Waals surface area contributed by atoms with Gasteiger partial charge < -0.3 is 4.57 Å². The van der Waals surface area contributed by atoms with Crippen molar-refractivity contribution in [3.63, 3.8) is 0 Å². The molecule has 2 aromatic rings. The van der Waals surface area contributed by atoms with Crippen LogP contribution in [0.1, 0.15) is 45.4 Å². The molecular formula is C17H24N4O. The Kier molecular flexibility index (Phi) is 5.69. The Hall–Kier alpha value is -2.17. The van der Waals surface area contributed by atoms with E-state index in [0.717, 1.165) is 48.3 Å². The summed E-state index contributed by atoms with van der Waals surface area (Å²) in [6.07, 6.45) is 3.95. The summed E-state index contributed by atoms with van der Waals surface area (Å²) < 4.78 is 1.92. The first kappa shape index (κ1) is 16.2. The molecule has 0 atom stereocenters. The van der Waals surface area contributed by atoms with Crippen molar-refractivity contribution in [2.45, 2.75) is 53.0 Å². The van der Waals surface area contributed by atoms with Gasteiger partial charge in [0.1, 0.15) is 12.4 Å². The van der Waals surface area contributed by atoms with E-state index in [0.29, 0.717) is 0 Å².